The van der Waals surface area contributed by atoms with Gasteiger partial charge >= 0.3 is 0 Å². The smallest absolute Gasteiger partial charge is 0.268 e. The number of aromatic nitrogens is 4. The standard InChI is InChI=1S/C33H28F2N8O/c34-32(35)28-30-23(18-39-31(28)33(37)44)16-25(21-4-2-1-3-5-21)29(42-30)22-8-6-20(7-9-22)19-43-14-11-24(12-15-43)40-26-10-13-38-27(17-36)41-26/h1-10,13,16,18,24,32H,11-12,14-15,19H2,(H2,37,44)(H,38,40,41). The van der Waals surface area contributed by atoms with Crippen LogP contribution in [0.25, 0.3) is 33.3 Å². The fourth-order valence-electron chi connectivity index (χ4n) is 5.58. The van der Waals surface area contributed by atoms with Crippen LogP contribution >= 0.6 is 0 Å². The summed E-state index contributed by atoms with van der Waals surface area (Å²) in [7, 11) is 0. The van der Waals surface area contributed by atoms with E-state index < -0.39 is 23.6 Å². The van der Waals surface area contributed by atoms with E-state index >= 15 is 0 Å². The molecule has 1 aliphatic heterocycles. The highest BCUT2D eigenvalue weighted by atomic mass is 19.3. The van der Waals surface area contributed by atoms with Crippen LogP contribution in [0.4, 0.5) is 14.6 Å². The Hall–Kier alpha value is -5.34. The van der Waals surface area contributed by atoms with Crippen molar-refractivity contribution >= 4 is 22.6 Å². The summed E-state index contributed by atoms with van der Waals surface area (Å²) in [5.41, 5.74) is 8.38. The van der Waals surface area contributed by atoms with Crippen molar-refractivity contribution in [2.45, 2.75) is 31.9 Å². The number of fused-ring (bicyclic) bond motifs is 1. The zero-order valence-electron chi connectivity index (χ0n) is 23.6. The summed E-state index contributed by atoms with van der Waals surface area (Å²) in [6.45, 7) is 2.55. The Morgan fingerprint density at radius 2 is 1.77 bits per heavy atom. The van der Waals surface area contributed by atoms with Crippen LogP contribution in [0, 0.1) is 11.3 Å². The number of hydrogen-bond acceptors (Lipinski definition) is 8. The molecule has 0 bridgehead atoms. The van der Waals surface area contributed by atoms with Crippen molar-refractivity contribution in [2.75, 3.05) is 18.4 Å². The summed E-state index contributed by atoms with van der Waals surface area (Å²) in [6.07, 6.45) is 1.83. The van der Waals surface area contributed by atoms with Gasteiger partial charge in [0.2, 0.25) is 5.82 Å². The first-order chi connectivity index (χ1) is 21.4. The SMILES string of the molecule is N#Cc1nccc(NC2CCN(Cc3ccc(-c4nc5c(C(F)F)c(C(N)=O)ncc5cc4-c4ccccc4)cc3)CC2)n1. The number of benzene rings is 2. The quantitative estimate of drug-likeness (QED) is 0.234. The van der Waals surface area contributed by atoms with Crippen LogP contribution in [0.1, 0.15) is 46.7 Å². The van der Waals surface area contributed by atoms with E-state index in [1.807, 2.05) is 60.7 Å². The van der Waals surface area contributed by atoms with Crippen LogP contribution in [-0.2, 0) is 6.54 Å². The number of nitriles is 1. The van der Waals surface area contributed by atoms with Gasteiger partial charge in [-0.15, -0.1) is 0 Å². The fourth-order valence-corrected chi connectivity index (χ4v) is 5.58. The molecule has 0 aliphatic carbocycles. The molecule has 0 spiro atoms. The van der Waals surface area contributed by atoms with Crippen molar-refractivity contribution in [3.05, 3.63) is 102 Å². The number of rotatable bonds is 8. The molecule has 4 heterocycles. The average molecular weight is 591 g/mol. The lowest BCUT2D eigenvalue weighted by molar-refractivity contribution is 0.0981. The van der Waals surface area contributed by atoms with Gasteiger partial charge < -0.3 is 11.1 Å². The zero-order valence-corrected chi connectivity index (χ0v) is 23.6. The number of carbonyl (C=O) groups excluding carboxylic acids is 1. The van der Waals surface area contributed by atoms with E-state index in [2.05, 4.69) is 25.2 Å². The van der Waals surface area contributed by atoms with Gasteiger partial charge in [-0.25, -0.2) is 28.7 Å². The summed E-state index contributed by atoms with van der Waals surface area (Å²) in [5.74, 6) is -0.220. The molecule has 44 heavy (non-hydrogen) atoms. The van der Waals surface area contributed by atoms with E-state index in [0.29, 0.717) is 16.9 Å². The molecule has 3 aromatic heterocycles. The van der Waals surface area contributed by atoms with Crippen LogP contribution in [0.5, 0.6) is 0 Å². The first kappa shape index (κ1) is 28.8. The summed E-state index contributed by atoms with van der Waals surface area (Å²) in [5, 5.41) is 12.8. The van der Waals surface area contributed by atoms with Crippen LogP contribution in [0.15, 0.2) is 79.1 Å². The number of nitrogens with zero attached hydrogens (tertiary/aromatic N) is 6. The molecule has 0 radical (unpaired) electrons. The molecule has 1 fully saturated rings. The molecule has 1 aliphatic rings. The number of hydrogen-bond donors (Lipinski definition) is 2. The average Bonchev–Trinajstić information content (AvgIpc) is 3.05. The first-order valence-corrected chi connectivity index (χ1v) is 14.2. The van der Waals surface area contributed by atoms with E-state index in [4.69, 9.17) is 16.0 Å². The number of amides is 1. The number of primary amides is 1. The maximum atomic E-state index is 14.2. The first-order valence-electron chi connectivity index (χ1n) is 14.2. The topological polar surface area (TPSA) is 134 Å². The van der Waals surface area contributed by atoms with Crippen molar-refractivity contribution in [3.8, 4) is 28.5 Å². The number of likely N-dealkylation sites (tertiary alicyclic amines) is 1. The maximum absolute atomic E-state index is 14.2. The third kappa shape index (κ3) is 6.07. The molecule has 0 saturated carbocycles. The number of carbonyl (C=O) groups is 1. The third-order valence-corrected chi connectivity index (χ3v) is 7.76. The molecule has 1 amide bonds. The maximum Gasteiger partial charge on any atom is 0.268 e. The molecule has 6 rings (SSSR count). The second-order valence-corrected chi connectivity index (χ2v) is 10.6. The van der Waals surface area contributed by atoms with Crippen LogP contribution in [0.2, 0.25) is 0 Å². The largest absolute Gasteiger partial charge is 0.367 e. The number of anilines is 1. The minimum Gasteiger partial charge on any atom is -0.367 e. The van der Waals surface area contributed by atoms with E-state index in [0.717, 1.165) is 54.7 Å². The summed E-state index contributed by atoms with van der Waals surface area (Å²) < 4.78 is 28.4. The van der Waals surface area contributed by atoms with Gasteiger partial charge in [-0.2, -0.15) is 5.26 Å². The van der Waals surface area contributed by atoms with E-state index in [1.165, 1.54) is 6.20 Å². The van der Waals surface area contributed by atoms with Crippen LogP contribution in [0.3, 0.4) is 0 Å². The molecule has 0 unspecified atom stereocenters. The molecule has 11 heteroatoms. The van der Waals surface area contributed by atoms with E-state index in [1.54, 1.807) is 18.3 Å². The van der Waals surface area contributed by atoms with Gasteiger partial charge in [0.25, 0.3) is 12.3 Å². The highest BCUT2D eigenvalue weighted by Gasteiger charge is 2.25. The highest BCUT2D eigenvalue weighted by Crippen LogP contribution is 2.37. The normalized spacial score (nSPS) is 14.0. The lowest BCUT2D eigenvalue weighted by atomic mass is 9.96. The van der Waals surface area contributed by atoms with Gasteiger partial charge in [-0.05, 0) is 36.1 Å². The second kappa shape index (κ2) is 12.5. The molecule has 2 aromatic carbocycles. The third-order valence-electron chi connectivity index (χ3n) is 7.76. The highest BCUT2D eigenvalue weighted by molar-refractivity contribution is 5.99. The summed E-state index contributed by atoms with van der Waals surface area (Å²) >= 11 is 0. The lowest BCUT2D eigenvalue weighted by Crippen LogP contribution is -2.38. The van der Waals surface area contributed by atoms with Crippen LogP contribution < -0.4 is 11.1 Å². The second-order valence-electron chi connectivity index (χ2n) is 10.6. The summed E-state index contributed by atoms with van der Waals surface area (Å²) in [4.78, 5) is 31.1. The lowest BCUT2D eigenvalue weighted by Gasteiger charge is -2.32. The Kier molecular flexibility index (Phi) is 8.16. The van der Waals surface area contributed by atoms with Crippen molar-refractivity contribution in [1.82, 2.24) is 24.8 Å². The van der Waals surface area contributed by atoms with Crippen molar-refractivity contribution < 1.29 is 13.6 Å². The van der Waals surface area contributed by atoms with Gasteiger partial charge in [0.05, 0.1) is 16.8 Å². The Labute approximate surface area is 252 Å². The predicted molar refractivity (Wildman–Crippen MR) is 163 cm³/mol. The zero-order chi connectivity index (χ0) is 30.6. The molecule has 9 nitrogen and oxygen atoms in total. The number of piperidine rings is 1. The Morgan fingerprint density at radius 1 is 1.02 bits per heavy atom. The van der Waals surface area contributed by atoms with Crippen molar-refractivity contribution in [1.29, 1.82) is 5.26 Å². The van der Waals surface area contributed by atoms with Crippen molar-refractivity contribution in [2.24, 2.45) is 5.73 Å². The number of alkyl halides is 2. The number of nitrogens with one attached hydrogen (secondary N) is 1. The predicted octanol–water partition coefficient (Wildman–Crippen LogP) is 5.74. The van der Waals surface area contributed by atoms with Gasteiger partial charge in [0, 0.05) is 54.6 Å². The van der Waals surface area contributed by atoms with Crippen molar-refractivity contribution in [3.63, 3.8) is 0 Å². The van der Waals surface area contributed by atoms with Gasteiger partial charge in [0.15, 0.2) is 0 Å². The molecular formula is C33H28F2N8O. The number of nitrogens with two attached hydrogens (primary N) is 1. The minimum absolute atomic E-state index is 0.00449. The summed E-state index contributed by atoms with van der Waals surface area (Å²) in [6, 6.07) is 23.3. The monoisotopic (exact) mass is 590 g/mol. The fraction of sp³-hybridized carbons (Fsp3) is 0.212. The Balaban J connectivity index is 1.24. The molecule has 3 N–H and O–H groups in total. The van der Waals surface area contributed by atoms with E-state index in [9.17, 15) is 13.6 Å². The Morgan fingerprint density at radius 3 is 2.45 bits per heavy atom. The minimum atomic E-state index is -2.98. The molecular weight excluding hydrogens is 562 g/mol. The molecule has 220 valence electrons. The van der Waals surface area contributed by atoms with E-state index in [-0.39, 0.29) is 17.4 Å². The number of pyridine rings is 2. The number of halogens is 2. The van der Waals surface area contributed by atoms with Gasteiger partial charge in [0.1, 0.15) is 17.6 Å². The van der Waals surface area contributed by atoms with Gasteiger partial charge in [-0.3, -0.25) is 9.69 Å². The van der Waals surface area contributed by atoms with Crippen LogP contribution in [-0.4, -0.2) is 49.9 Å². The Bertz CT molecular complexity index is 1850. The molecule has 1 saturated heterocycles. The van der Waals surface area contributed by atoms with Gasteiger partial charge in [-0.1, -0.05) is 54.6 Å². The molecule has 0 atom stereocenters. The molecule has 5 aromatic rings.